The zero-order valence-corrected chi connectivity index (χ0v) is 12.0. The molecule has 1 aliphatic rings. The van der Waals surface area contributed by atoms with Gasteiger partial charge in [-0.05, 0) is 30.7 Å². The van der Waals surface area contributed by atoms with Gasteiger partial charge >= 0.3 is 0 Å². The molecule has 19 heavy (non-hydrogen) atoms. The van der Waals surface area contributed by atoms with Crippen molar-refractivity contribution in [2.45, 2.75) is 57.5 Å². The summed E-state index contributed by atoms with van der Waals surface area (Å²) in [5, 5.41) is 10.8. The van der Waals surface area contributed by atoms with Crippen molar-refractivity contribution in [2.24, 2.45) is 5.92 Å². The number of allylic oxidation sites excluding steroid dienone is 1. The van der Waals surface area contributed by atoms with Gasteiger partial charge in [0.25, 0.3) is 0 Å². The predicted octanol–water partition coefficient (Wildman–Crippen LogP) is 4.68. The van der Waals surface area contributed by atoms with Gasteiger partial charge < -0.3 is 5.11 Å². The Bertz CT molecular complexity index is 376. The van der Waals surface area contributed by atoms with Crippen LogP contribution in [0.1, 0.15) is 56.9 Å². The average Bonchev–Trinajstić information content (AvgIpc) is 2.49. The average molecular weight is 258 g/mol. The highest BCUT2D eigenvalue weighted by molar-refractivity contribution is 5.25. The first-order valence-corrected chi connectivity index (χ1v) is 7.72. The summed E-state index contributed by atoms with van der Waals surface area (Å²) in [6.45, 7) is 2.14. The standard InChI is InChI=1S/C18H26O/c1-2-3-14-17(15-10-6-4-7-11-15)18(19)16-12-8-5-9-13-16/h3-4,6-7,10-11,14,16-19H,2,5,8-9,12-13H2,1H3/b14-3+. The van der Waals surface area contributed by atoms with Gasteiger partial charge in [-0.3, -0.25) is 0 Å². The Hall–Kier alpha value is -1.08. The number of aliphatic hydroxyl groups excluding tert-OH is 1. The molecule has 0 spiro atoms. The molecule has 104 valence electrons. The van der Waals surface area contributed by atoms with E-state index in [2.05, 4.69) is 43.3 Å². The molecule has 1 fully saturated rings. The van der Waals surface area contributed by atoms with Gasteiger partial charge in [0, 0.05) is 5.92 Å². The number of rotatable bonds is 5. The van der Waals surface area contributed by atoms with Crippen molar-refractivity contribution in [3.8, 4) is 0 Å². The van der Waals surface area contributed by atoms with E-state index in [9.17, 15) is 5.11 Å². The van der Waals surface area contributed by atoms with Crippen LogP contribution in [0.25, 0.3) is 0 Å². The van der Waals surface area contributed by atoms with E-state index in [1.165, 1.54) is 37.7 Å². The second-order valence-electron chi connectivity index (χ2n) is 5.66. The molecule has 1 heteroatoms. The molecule has 2 unspecified atom stereocenters. The van der Waals surface area contributed by atoms with Gasteiger partial charge in [0.2, 0.25) is 0 Å². The quantitative estimate of drug-likeness (QED) is 0.760. The second-order valence-corrected chi connectivity index (χ2v) is 5.66. The summed E-state index contributed by atoms with van der Waals surface area (Å²) in [5.41, 5.74) is 1.24. The molecule has 1 nitrogen and oxygen atoms in total. The third-order valence-corrected chi connectivity index (χ3v) is 4.26. The molecule has 1 aromatic rings. The fourth-order valence-corrected chi connectivity index (χ4v) is 3.15. The van der Waals surface area contributed by atoms with Crippen molar-refractivity contribution in [3.05, 3.63) is 48.0 Å². The van der Waals surface area contributed by atoms with Gasteiger partial charge in [0.1, 0.15) is 0 Å². The Balaban J connectivity index is 2.14. The maximum Gasteiger partial charge on any atom is 0.0671 e. The van der Waals surface area contributed by atoms with E-state index in [0.29, 0.717) is 5.92 Å². The minimum absolute atomic E-state index is 0.157. The minimum Gasteiger partial charge on any atom is -0.392 e. The highest BCUT2D eigenvalue weighted by Crippen LogP contribution is 2.34. The normalized spacial score (nSPS) is 20.5. The van der Waals surface area contributed by atoms with Gasteiger partial charge in [0.15, 0.2) is 0 Å². The van der Waals surface area contributed by atoms with E-state index in [-0.39, 0.29) is 12.0 Å². The van der Waals surface area contributed by atoms with Crippen molar-refractivity contribution >= 4 is 0 Å². The zero-order valence-electron chi connectivity index (χ0n) is 12.0. The number of hydrogen-bond acceptors (Lipinski definition) is 1. The first kappa shape index (κ1) is 14.3. The molecule has 0 heterocycles. The maximum absolute atomic E-state index is 10.8. The van der Waals surface area contributed by atoms with Crippen LogP contribution in [0, 0.1) is 5.92 Å². The maximum atomic E-state index is 10.8. The monoisotopic (exact) mass is 258 g/mol. The van der Waals surface area contributed by atoms with E-state index in [0.717, 1.165) is 6.42 Å². The Morgan fingerprint density at radius 3 is 2.47 bits per heavy atom. The minimum atomic E-state index is -0.231. The molecular formula is C18H26O. The van der Waals surface area contributed by atoms with E-state index >= 15 is 0 Å². The summed E-state index contributed by atoms with van der Waals surface area (Å²) in [7, 11) is 0. The van der Waals surface area contributed by atoms with Crippen LogP contribution in [0.5, 0.6) is 0 Å². The van der Waals surface area contributed by atoms with Crippen molar-refractivity contribution in [2.75, 3.05) is 0 Å². The highest BCUT2D eigenvalue weighted by atomic mass is 16.3. The summed E-state index contributed by atoms with van der Waals surface area (Å²) in [4.78, 5) is 0. The van der Waals surface area contributed by atoms with Crippen LogP contribution in [-0.4, -0.2) is 11.2 Å². The Labute approximate surface area is 117 Å². The number of benzene rings is 1. The summed E-state index contributed by atoms with van der Waals surface area (Å²) in [6, 6.07) is 10.4. The first-order chi connectivity index (χ1) is 9.33. The highest BCUT2D eigenvalue weighted by Gasteiger charge is 2.28. The Kier molecular flexibility index (Phi) is 5.65. The molecule has 2 rings (SSSR count). The fourth-order valence-electron chi connectivity index (χ4n) is 3.15. The van der Waals surface area contributed by atoms with Crippen LogP contribution in [-0.2, 0) is 0 Å². The fraction of sp³-hybridized carbons (Fsp3) is 0.556. The Morgan fingerprint density at radius 2 is 1.84 bits per heavy atom. The van der Waals surface area contributed by atoms with Crippen LogP contribution in [0.3, 0.4) is 0 Å². The lowest BCUT2D eigenvalue weighted by molar-refractivity contribution is 0.0725. The Morgan fingerprint density at radius 1 is 1.16 bits per heavy atom. The third kappa shape index (κ3) is 3.94. The molecule has 2 atom stereocenters. The third-order valence-electron chi connectivity index (χ3n) is 4.26. The summed E-state index contributed by atoms with van der Waals surface area (Å²) in [5.74, 6) is 0.629. The van der Waals surface area contributed by atoms with E-state index < -0.39 is 0 Å². The molecular weight excluding hydrogens is 232 g/mol. The topological polar surface area (TPSA) is 20.2 Å². The number of aliphatic hydroxyl groups is 1. The second kappa shape index (κ2) is 7.49. The predicted molar refractivity (Wildman–Crippen MR) is 81.2 cm³/mol. The summed E-state index contributed by atoms with van der Waals surface area (Å²) < 4.78 is 0. The lowest BCUT2D eigenvalue weighted by Crippen LogP contribution is -2.28. The molecule has 1 aliphatic carbocycles. The van der Waals surface area contributed by atoms with Crippen molar-refractivity contribution in [1.82, 2.24) is 0 Å². The van der Waals surface area contributed by atoms with Gasteiger partial charge in [-0.25, -0.2) is 0 Å². The summed E-state index contributed by atoms with van der Waals surface area (Å²) >= 11 is 0. The van der Waals surface area contributed by atoms with Gasteiger partial charge in [-0.15, -0.1) is 0 Å². The molecule has 1 aromatic carbocycles. The van der Waals surface area contributed by atoms with Crippen LogP contribution in [0.4, 0.5) is 0 Å². The molecule has 0 radical (unpaired) electrons. The van der Waals surface area contributed by atoms with Crippen LogP contribution in [0.15, 0.2) is 42.5 Å². The van der Waals surface area contributed by atoms with E-state index in [1.807, 2.05) is 6.07 Å². The van der Waals surface area contributed by atoms with Gasteiger partial charge in [-0.1, -0.05) is 68.7 Å². The van der Waals surface area contributed by atoms with Crippen molar-refractivity contribution < 1.29 is 5.11 Å². The molecule has 1 saturated carbocycles. The first-order valence-electron chi connectivity index (χ1n) is 7.72. The lowest BCUT2D eigenvalue weighted by Gasteiger charge is -2.31. The number of hydrogen-bond donors (Lipinski definition) is 1. The van der Waals surface area contributed by atoms with Crippen LogP contribution >= 0.6 is 0 Å². The van der Waals surface area contributed by atoms with E-state index in [1.54, 1.807) is 0 Å². The van der Waals surface area contributed by atoms with Gasteiger partial charge in [-0.2, -0.15) is 0 Å². The van der Waals surface area contributed by atoms with Crippen LogP contribution in [0.2, 0.25) is 0 Å². The molecule has 0 aliphatic heterocycles. The van der Waals surface area contributed by atoms with Crippen molar-refractivity contribution in [3.63, 3.8) is 0 Å². The molecule has 0 aromatic heterocycles. The van der Waals surface area contributed by atoms with Crippen LogP contribution < -0.4 is 0 Å². The van der Waals surface area contributed by atoms with Gasteiger partial charge in [0.05, 0.1) is 6.10 Å². The molecule has 0 saturated heterocycles. The molecule has 0 bridgehead atoms. The zero-order chi connectivity index (χ0) is 13.5. The smallest absolute Gasteiger partial charge is 0.0671 e. The molecule has 1 N–H and O–H groups in total. The molecule has 0 amide bonds. The lowest BCUT2D eigenvalue weighted by atomic mass is 9.78. The largest absolute Gasteiger partial charge is 0.392 e. The summed E-state index contributed by atoms with van der Waals surface area (Å²) in [6.07, 6.45) is 11.4. The van der Waals surface area contributed by atoms with Crippen molar-refractivity contribution in [1.29, 1.82) is 0 Å². The van der Waals surface area contributed by atoms with E-state index in [4.69, 9.17) is 0 Å². The SMILES string of the molecule is CC/C=C/C(c1ccccc1)C(O)C1CCCCC1.